The first kappa shape index (κ1) is 11.0. The minimum Gasteiger partial charge on any atom is -0.352 e. The van der Waals surface area contributed by atoms with Crippen molar-refractivity contribution in [2.24, 2.45) is 5.92 Å². The molecule has 1 aliphatic rings. The molecule has 0 unspecified atom stereocenters. The van der Waals surface area contributed by atoms with E-state index < -0.39 is 0 Å². The van der Waals surface area contributed by atoms with Gasteiger partial charge in [-0.2, -0.15) is 0 Å². The van der Waals surface area contributed by atoms with Gasteiger partial charge in [-0.25, -0.2) is 0 Å². The van der Waals surface area contributed by atoms with Gasteiger partial charge in [-0.3, -0.25) is 9.59 Å². The first-order chi connectivity index (χ1) is 8.74. The molecule has 2 N–H and O–H groups in total. The van der Waals surface area contributed by atoms with Crippen LogP contribution in [0.15, 0.2) is 35.1 Å². The third-order valence-corrected chi connectivity index (χ3v) is 3.24. The number of para-hydroxylation sites is 1. The molecule has 0 radical (unpaired) electrons. The first-order valence-corrected chi connectivity index (χ1v) is 6.14. The van der Waals surface area contributed by atoms with E-state index >= 15 is 0 Å². The van der Waals surface area contributed by atoms with Crippen molar-refractivity contribution in [3.05, 3.63) is 46.2 Å². The molecule has 1 aliphatic carbocycles. The van der Waals surface area contributed by atoms with Gasteiger partial charge in [-0.05, 0) is 24.8 Å². The maximum absolute atomic E-state index is 12.1. The summed E-state index contributed by atoms with van der Waals surface area (Å²) in [6.07, 6.45) is 2.38. The van der Waals surface area contributed by atoms with Crippen molar-refractivity contribution in [1.82, 2.24) is 10.3 Å². The Kier molecular flexibility index (Phi) is 2.63. The minimum absolute atomic E-state index is 0.163. The highest BCUT2D eigenvalue weighted by Gasteiger charge is 2.22. The smallest absolute Gasteiger partial charge is 0.252 e. The summed E-state index contributed by atoms with van der Waals surface area (Å²) in [6.45, 7) is 0.708. The summed E-state index contributed by atoms with van der Waals surface area (Å²) in [5.41, 5.74) is 0.904. The van der Waals surface area contributed by atoms with Gasteiger partial charge < -0.3 is 10.3 Å². The van der Waals surface area contributed by atoms with Crippen LogP contribution in [0.5, 0.6) is 0 Å². The van der Waals surface area contributed by atoms with E-state index in [9.17, 15) is 9.59 Å². The second-order valence-electron chi connectivity index (χ2n) is 4.75. The number of carbonyl (C=O) groups excluding carboxylic acids is 1. The molecule has 1 amide bonds. The van der Waals surface area contributed by atoms with Crippen molar-refractivity contribution >= 4 is 16.8 Å². The van der Waals surface area contributed by atoms with Gasteiger partial charge in [0.2, 0.25) is 5.56 Å². The molecule has 18 heavy (non-hydrogen) atoms. The van der Waals surface area contributed by atoms with Crippen LogP contribution in [-0.4, -0.2) is 17.4 Å². The number of amides is 1. The SMILES string of the molecule is O=C(NCC1CC1)c1cc(=O)[nH]c2ccccc12. The number of hydrogen-bond acceptors (Lipinski definition) is 2. The van der Waals surface area contributed by atoms with Crippen LogP contribution in [-0.2, 0) is 0 Å². The van der Waals surface area contributed by atoms with Gasteiger partial charge in [0.25, 0.3) is 5.91 Å². The molecule has 0 atom stereocenters. The molecule has 4 heteroatoms. The van der Waals surface area contributed by atoms with E-state index in [-0.39, 0.29) is 11.5 Å². The fourth-order valence-corrected chi connectivity index (χ4v) is 2.05. The molecule has 1 aromatic carbocycles. The van der Waals surface area contributed by atoms with Gasteiger partial charge in [-0.15, -0.1) is 0 Å². The van der Waals surface area contributed by atoms with E-state index in [1.807, 2.05) is 18.2 Å². The van der Waals surface area contributed by atoms with Crippen LogP contribution in [0.4, 0.5) is 0 Å². The highest BCUT2D eigenvalue weighted by atomic mass is 16.2. The van der Waals surface area contributed by atoms with Crippen molar-refractivity contribution in [2.75, 3.05) is 6.54 Å². The van der Waals surface area contributed by atoms with Crippen molar-refractivity contribution in [2.45, 2.75) is 12.8 Å². The molecule has 0 bridgehead atoms. The van der Waals surface area contributed by atoms with Crippen LogP contribution >= 0.6 is 0 Å². The number of fused-ring (bicyclic) bond motifs is 1. The number of aromatic amines is 1. The topological polar surface area (TPSA) is 62.0 Å². The van der Waals surface area contributed by atoms with Crippen LogP contribution in [0.2, 0.25) is 0 Å². The molecular weight excluding hydrogens is 228 g/mol. The lowest BCUT2D eigenvalue weighted by atomic mass is 10.1. The van der Waals surface area contributed by atoms with Crippen molar-refractivity contribution in [1.29, 1.82) is 0 Å². The monoisotopic (exact) mass is 242 g/mol. The Morgan fingerprint density at radius 2 is 2.11 bits per heavy atom. The number of nitrogens with one attached hydrogen (secondary N) is 2. The molecule has 1 aromatic heterocycles. The maximum Gasteiger partial charge on any atom is 0.252 e. The predicted octanol–water partition coefficient (Wildman–Crippen LogP) is 1.67. The Balaban J connectivity index is 1.98. The lowest BCUT2D eigenvalue weighted by Crippen LogP contribution is -2.27. The predicted molar refractivity (Wildman–Crippen MR) is 69.6 cm³/mol. The zero-order valence-electron chi connectivity index (χ0n) is 9.90. The molecular formula is C14H14N2O2. The number of H-pyrrole nitrogens is 1. The summed E-state index contributed by atoms with van der Waals surface area (Å²) in [5.74, 6) is 0.464. The Morgan fingerprint density at radius 3 is 2.89 bits per heavy atom. The number of hydrogen-bond donors (Lipinski definition) is 2. The molecule has 1 saturated carbocycles. The second kappa shape index (κ2) is 4.29. The van der Waals surface area contributed by atoms with Crippen LogP contribution in [0, 0.1) is 5.92 Å². The molecule has 1 fully saturated rings. The summed E-state index contributed by atoms with van der Waals surface area (Å²) >= 11 is 0. The third kappa shape index (κ3) is 2.14. The largest absolute Gasteiger partial charge is 0.352 e. The maximum atomic E-state index is 12.1. The van der Waals surface area contributed by atoms with E-state index in [1.165, 1.54) is 18.9 Å². The zero-order valence-corrected chi connectivity index (χ0v) is 9.90. The Hall–Kier alpha value is -2.10. The normalized spacial score (nSPS) is 14.7. The Bertz CT molecular complexity index is 656. The fraction of sp³-hybridized carbons (Fsp3) is 0.286. The first-order valence-electron chi connectivity index (χ1n) is 6.14. The summed E-state index contributed by atoms with van der Waals surface area (Å²) in [7, 11) is 0. The highest BCUT2D eigenvalue weighted by molar-refractivity contribution is 6.05. The second-order valence-corrected chi connectivity index (χ2v) is 4.75. The summed E-state index contributed by atoms with van der Waals surface area (Å²) in [4.78, 5) is 26.3. The average Bonchev–Trinajstić information content (AvgIpc) is 3.19. The molecule has 0 saturated heterocycles. The standard InChI is InChI=1S/C14H14N2O2/c17-13-7-11(14(18)15-8-9-5-6-9)10-3-1-2-4-12(10)16-13/h1-4,7,9H,5-6,8H2,(H,15,18)(H,16,17). The van der Waals surface area contributed by atoms with E-state index in [1.54, 1.807) is 6.07 Å². The molecule has 4 nitrogen and oxygen atoms in total. The van der Waals surface area contributed by atoms with E-state index in [0.717, 1.165) is 5.39 Å². The van der Waals surface area contributed by atoms with Crippen LogP contribution in [0.1, 0.15) is 23.2 Å². The minimum atomic E-state index is -0.245. The molecule has 1 heterocycles. The van der Waals surface area contributed by atoms with Crippen LogP contribution in [0.25, 0.3) is 10.9 Å². The van der Waals surface area contributed by atoms with E-state index in [4.69, 9.17) is 0 Å². The number of carbonyl (C=O) groups is 1. The number of aromatic nitrogens is 1. The van der Waals surface area contributed by atoms with Crippen LogP contribution in [0.3, 0.4) is 0 Å². The summed E-state index contributed by atoms with van der Waals surface area (Å²) in [6, 6.07) is 8.71. The van der Waals surface area contributed by atoms with Gasteiger partial charge >= 0.3 is 0 Å². The van der Waals surface area contributed by atoms with E-state index in [2.05, 4.69) is 10.3 Å². The molecule has 92 valence electrons. The lowest BCUT2D eigenvalue weighted by molar-refractivity contribution is 0.0953. The molecule has 0 spiro atoms. The van der Waals surface area contributed by atoms with Gasteiger partial charge in [0.15, 0.2) is 0 Å². The van der Waals surface area contributed by atoms with Crippen LogP contribution < -0.4 is 10.9 Å². The summed E-state index contributed by atoms with van der Waals surface area (Å²) in [5, 5.41) is 3.67. The van der Waals surface area contributed by atoms with Gasteiger partial charge in [0.1, 0.15) is 0 Å². The van der Waals surface area contributed by atoms with Crippen molar-refractivity contribution < 1.29 is 4.79 Å². The molecule has 3 rings (SSSR count). The summed E-state index contributed by atoms with van der Waals surface area (Å²) < 4.78 is 0. The zero-order chi connectivity index (χ0) is 12.5. The van der Waals surface area contributed by atoms with Crippen molar-refractivity contribution in [3.63, 3.8) is 0 Å². The van der Waals surface area contributed by atoms with E-state index in [0.29, 0.717) is 23.5 Å². The van der Waals surface area contributed by atoms with Gasteiger partial charge in [0.05, 0.1) is 5.56 Å². The Morgan fingerprint density at radius 1 is 1.33 bits per heavy atom. The molecule has 2 aromatic rings. The van der Waals surface area contributed by atoms with Gasteiger partial charge in [-0.1, -0.05) is 18.2 Å². The Labute approximate surface area is 104 Å². The number of rotatable bonds is 3. The highest BCUT2D eigenvalue weighted by Crippen LogP contribution is 2.27. The van der Waals surface area contributed by atoms with Gasteiger partial charge in [0, 0.05) is 23.5 Å². The third-order valence-electron chi connectivity index (χ3n) is 3.24. The molecule has 0 aliphatic heterocycles. The number of pyridine rings is 1. The van der Waals surface area contributed by atoms with Crippen molar-refractivity contribution in [3.8, 4) is 0 Å². The number of benzene rings is 1. The fourth-order valence-electron chi connectivity index (χ4n) is 2.05. The average molecular weight is 242 g/mol. The lowest BCUT2D eigenvalue weighted by Gasteiger charge is -2.07. The quantitative estimate of drug-likeness (QED) is 0.860.